The molecule has 0 aromatic carbocycles. The van der Waals surface area contributed by atoms with Crippen molar-refractivity contribution in [1.82, 2.24) is 0 Å². The lowest BCUT2D eigenvalue weighted by molar-refractivity contribution is -0.119. The maximum atomic E-state index is 11.4. The molecule has 0 radical (unpaired) electrons. The lowest BCUT2D eigenvalue weighted by Gasteiger charge is -2.17. The van der Waals surface area contributed by atoms with Crippen LogP contribution in [0.2, 0.25) is 0 Å². The molecule has 0 saturated carbocycles. The summed E-state index contributed by atoms with van der Waals surface area (Å²) in [6, 6.07) is 0. The molecule has 12 heavy (non-hydrogen) atoms. The minimum absolute atomic E-state index is 0.0668. The van der Waals surface area contributed by atoms with E-state index in [4.69, 9.17) is 0 Å². The first-order valence-corrected chi connectivity index (χ1v) is 3.96. The zero-order valence-electron chi connectivity index (χ0n) is 7.55. The Labute approximate surface area is 72.0 Å². The molecule has 1 unspecified atom stereocenters. The van der Waals surface area contributed by atoms with Gasteiger partial charge in [-0.15, -0.1) is 0 Å². The fourth-order valence-corrected chi connectivity index (χ4v) is 1.29. The second kappa shape index (κ2) is 3.05. The molecule has 0 heterocycles. The van der Waals surface area contributed by atoms with E-state index in [-0.39, 0.29) is 11.7 Å². The number of aldehydes is 1. The summed E-state index contributed by atoms with van der Waals surface area (Å²) in [6.45, 7) is 5.41. The Morgan fingerprint density at radius 3 is 2.50 bits per heavy atom. The van der Waals surface area contributed by atoms with Gasteiger partial charge in [0.05, 0.1) is 0 Å². The Morgan fingerprint density at radius 2 is 2.00 bits per heavy atom. The average Bonchev–Trinajstić information content (AvgIpc) is 2.08. The summed E-state index contributed by atoms with van der Waals surface area (Å²) in [5.74, 6) is -0.191. The van der Waals surface area contributed by atoms with E-state index in [9.17, 15) is 9.59 Å². The maximum Gasteiger partial charge on any atom is 0.166 e. The molecule has 0 bridgehead atoms. The van der Waals surface area contributed by atoms with Crippen LogP contribution in [0.25, 0.3) is 0 Å². The minimum Gasteiger partial charge on any atom is -0.298 e. The highest BCUT2D eigenvalue weighted by atomic mass is 16.1. The van der Waals surface area contributed by atoms with Crippen molar-refractivity contribution in [3.8, 4) is 0 Å². The molecule has 0 N–H and O–H groups in total. The van der Waals surface area contributed by atoms with E-state index < -0.39 is 0 Å². The number of Topliss-reactive ketones (excluding diaryl/α,β-unsaturated/α-hetero) is 1. The van der Waals surface area contributed by atoms with Crippen LogP contribution < -0.4 is 0 Å². The van der Waals surface area contributed by atoms with Crippen molar-refractivity contribution in [3.05, 3.63) is 22.8 Å². The first kappa shape index (κ1) is 8.91. The smallest absolute Gasteiger partial charge is 0.166 e. The quantitative estimate of drug-likeness (QED) is 0.552. The van der Waals surface area contributed by atoms with Crippen molar-refractivity contribution in [1.29, 1.82) is 0 Å². The summed E-state index contributed by atoms with van der Waals surface area (Å²) < 4.78 is 0. The molecule has 0 aliphatic heterocycles. The molecule has 1 aliphatic rings. The van der Waals surface area contributed by atoms with Crippen molar-refractivity contribution >= 4 is 12.1 Å². The predicted octanol–water partition coefficient (Wildman–Crippen LogP) is 1.67. The van der Waals surface area contributed by atoms with E-state index in [2.05, 4.69) is 0 Å². The van der Waals surface area contributed by atoms with Crippen LogP contribution >= 0.6 is 0 Å². The van der Waals surface area contributed by atoms with Crippen molar-refractivity contribution in [2.45, 2.75) is 20.8 Å². The Morgan fingerprint density at radius 1 is 1.42 bits per heavy atom. The van der Waals surface area contributed by atoms with Crippen molar-refractivity contribution in [2.24, 2.45) is 5.92 Å². The van der Waals surface area contributed by atoms with E-state index >= 15 is 0 Å². The van der Waals surface area contributed by atoms with Gasteiger partial charge < -0.3 is 0 Å². The van der Waals surface area contributed by atoms with Gasteiger partial charge in [-0.3, -0.25) is 9.59 Å². The third kappa shape index (κ3) is 1.24. The van der Waals surface area contributed by atoms with Crippen molar-refractivity contribution in [2.75, 3.05) is 0 Å². The predicted molar refractivity (Wildman–Crippen MR) is 46.7 cm³/mol. The molecule has 2 heteroatoms. The van der Waals surface area contributed by atoms with Gasteiger partial charge in [-0.2, -0.15) is 0 Å². The summed E-state index contributed by atoms with van der Waals surface area (Å²) in [4.78, 5) is 22.0. The molecule has 1 atom stereocenters. The first-order chi connectivity index (χ1) is 5.57. The lowest BCUT2D eigenvalue weighted by atomic mass is 9.85. The van der Waals surface area contributed by atoms with E-state index in [1.54, 1.807) is 19.9 Å². The average molecular weight is 164 g/mol. The van der Waals surface area contributed by atoms with Crippen molar-refractivity contribution in [3.63, 3.8) is 0 Å². The zero-order valence-corrected chi connectivity index (χ0v) is 7.55. The molecule has 0 aromatic rings. The molecule has 1 aliphatic carbocycles. The van der Waals surface area contributed by atoms with Crippen LogP contribution in [0.4, 0.5) is 0 Å². The highest BCUT2D eigenvalue weighted by Crippen LogP contribution is 2.24. The van der Waals surface area contributed by atoms with Crippen LogP contribution in [0.1, 0.15) is 20.8 Å². The van der Waals surface area contributed by atoms with E-state index in [1.165, 1.54) is 0 Å². The Kier molecular flexibility index (Phi) is 2.27. The van der Waals surface area contributed by atoms with Crippen LogP contribution in [0.15, 0.2) is 22.8 Å². The molecule has 0 saturated heterocycles. The molecule has 0 aromatic heterocycles. The van der Waals surface area contributed by atoms with Gasteiger partial charge in [-0.25, -0.2) is 0 Å². The molecule has 1 rings (SSSR count). The van der Waals surface area contributed by atoms with Crippen LogP contribution in [-0.2, 0) is 9.59 Å². The van der Waals surface area contributed by atoms with Gasteiger partial charge in [0, 0.05) is 11.5 Å². The van der Waals surface area contributed by atoms with Gasteiger partial charge in [-0.05, 0) is 25.0 Å². The van der Waals surface area contributed by atoms with Crippen LogP contribution in [0.5, 0.6) is 0 Å². The van der Waals surface area contributed by atoms with Gasteiger partial charge in [-0.1, -0.05) is 13.0 Å². The number of carbonyl (C=O) groups excluding carboxylic acids is 2. The molecular formula is C10H12O2. The Balaban J connectivity index is 3.16. The Hall–Kier alpha value is -1.18. The summed E-state index contributed by atoms with van der Waals surface area (Å²) in [7, 11) is 0. The van der Waals surface area contributed by atoms with Gasteiger partial charge in [0.2, 0.25) is 0 Å². The zero-order chi connectivity index (χ0) is 9.30. The SMILES string of the molecule is CC1=C(C)C(=O)C(C)C(C=O)=C1. The first-order valence-electron chi connectivity index (χ1n) is 3.96. The third-order valence-corrected chi connectivity index (χ3v) is 2.37. The molecule has 64 valence electrons. The summed E-state index contributed by atoms with van der Waals surface area (Å²) in [5.41, 5.74) is 2.26. The Bertz CT molecular complexity index is 295. The molecule has 0 amide bonds. The monoisotopic (exact) mass is 164 g/mol. The van der Waals surface area contributed by atoms with E-state index in [0.29, 0.717) is 5.57 Å². The van der Waals surface area contributed by atoms with Crippen LogP contribution in [0, 0.1) is 5.92 Å². The highest BCUT2D eigenvalue weighted by Gasteiger charge is 2.23. The summed E-state index contributed by atoms with van der Waals surface area (Å²) in [6.07, 6.45) is 2.55. The largest absolute Gasteiger partial charge is 0.298 e. The second-order valence-electron chi connectivity index (χ2n) is 3.16. The second-order valence-corrected chi connectivity index (χ2v) is 3.16. The fraction of sp³-hybridized carbons (Fsp3) is 0.400. The van der Waals surface area contributed by atoms with Crippen molar-refractivity contribution < 1.29 is 9.59 Å². The lowest BCUT2D eigenvalue weighted by Crippen LogP contribution is -2.19. The van der Waals surface area contributed by atoms with Gasteiger partial charge >= 0.3 is 0 Å². The van der Waals surface area contributed by atoms with Gasteiger partial charge in [0.15, 0.2) is 5.78 Å². The third-order valence-electron chi connectivity index (χ3n) is 2.37. The summed E-state index contributed by atoms with van der Waals surface area (Å²) >= 11 is 0. The number of allylic oxidation sites excluding steroid dienone is 4. The van der Waals surface area contributed by atoms with E-state index in [0.717, 1.165) is 17.4 Å². The van der Waals surface area contributed by atoms with Crippen LogP contribution in [0.3, 0.4) is 0 Å². The standard InChI is InChI=1S/C10H12O2/c1-6-4-9(5-11)8(3)10(12)7(6)2/h4-5,8H,1-3H3. The number of rotatable bonds is 1. The van der Waals surface area contributed by atoms with Crippen LogP contribution in [-0.4, -0.2) is 12.1 Å². The maximum absolute atomic E-state index is 11.4. The molecular weight excluding hydrogens is 152 g/mol. The number of hydrogen-bond acceptors (Lipinski definition) is 2. The number of ketones is 1. The highest BCUT2D eigenvalue weighted by molar-refractivity contribution is 6.04. The topological polar surface area (TPSA) is 34.1 Å². The normalized spacial score (nSPS) is 24.1. The van der Waals surface area contributed by atoms with E-state index in [1.807, 2.05) is 6.92 Å². The minimum atomic E-state index is -0.258. The number of hydrogen-bond donors (Lipinski definition) is 0. The van der Waals surface area contributed by atoms with Gasteiger partial charge in [0.25, 0.3) is 0 Å². The van der Waals surface area contributed by atoms with Gasteiger partial charge in [0.1, 0.15) is 6.29 Å². The number of carbonyl (C=O) groups is 2. The molecule has 0 fully saturated rings. The molecule has 2 nitrogen and oxygen atoms in total. The molecule has 0 spiro atoms. The fourth-order valence-electron chi connectivity index (χ4n) is 1.29. The summed E-state index contributed by atoms with van der Waals surface area (Å²) in [5, 5.41) is 0.